The molecule has 0 aromatic heterocycles. The number of halogens is 1. The van der Waals surface area contributed by atoms with E-state index in [-0.39, 0.29) is 23.7 Å². The van der Waals surface area contributed by atoms with Crippen LogP contribution in [0.15, 0.2) is 42.5 Å². The summed E-state index contributed by atoms with van der Waals surface area (Å²) in [5, 5.41) is 3.61. The minimum absolute atomic E-state index is 0.0465. The minimum atomic E-state index is -0.380. The average Bonchev–Trinajstić information content (AvgIpc) is 3.24. The first-order chi connectivity index (χ1) is 15.0. The lowest BCUT2D eigenvalue weighted by molar-refractivity contribution is -0.124. The predicted molar refractivity (Wildman–Crippen MR) is 121 cm³/mol. The molecule has 1 heterocycles. The highest BCUT2D eigenvalue weighted by Gasteiger charge is 2.42. The lowest BCUT2D eigenvalue weighted by atomic mass is 9.87. The number of ether oxygens (including phenoxy) is 2. The van der Waals surface area contributed by atoms with Crippen LogP contribution in [0.3, 0.4) is 0 Å². The Morgan fingerprint density at radius 1 is 1.10 bits per heavy atom. The maximum atomic E-state index is 13.1. The van der Waals surface area contributed by atoms with Gasteiger partial charge < -0.3 is 19.7 Å². The van der Waals surface area contributed by atoms with Gasteiger partial charge in [-0.3, -0.25) is 9.59 Å². The van der Waals surface area contributed by atoms with Crippen molar-refractivity contribution in [2.75, 3.05) is 33.9 Å². The van der Waals surface area contributed by atoms with Crippen LogP contribution in [-0.2, 0) is 4.79 Å². The molecular formula is C24H29ClN2O4. The maximum absolute atomic E-state index is 13.1. The number of amides is 2. The summed E-state index contributed by atoms with van der Waals surface area (Å²) in [4.78, 5) is 27.9. The molecule has 0 saturated carbocycles. The second-order valence-corrected chi connectivity index (χ2v) is 8.09. The topological polar surface area (TPSA) is 67.9 Å². The smallest absolute Gasteiger partial charge is 0.253 e. The van der Waals surface area contributed by atoms with E-state index < -0.39 is 0 Å². The van der Waals surface area contributed by atoms with Gasteiger partial charge in [-0.1, -0.05) is 37.1 Å². The molecule has 1 aliphatic rings. The van der Waals surface area contributed by atoms with Crippen molar-refractivity contribution >= 4 is 23.4 Å². The summed E-state index contributed by atoms with van der Waals surface area (Å²) in [5.74, 6) is 0.453. The quantitative estimate of drug-likeness (QED) is 0.621. The van der Waals surface area contributed by atoms with E-state index in [9.17, 15) is 9.59 Å². The third-order valence-electron chi connectivity index (χ3n) is 5.70. The normalized spacial score (nSPS) is 18.0. The van der Waals surface area contributed by atoms with E-state index in [0.717, 1.165) is 18.4 Å². The molecular weight excluding hydrogens is 416 g/mol. The SMILES string of the molecule is CCCCNC(=O)[C@H]1CN(C(=O)c2ccc(Cl)cc2)C[C@@H]1c1cccc(OC)c1OC. The molecule has 1 fully saturated rings. The van der Waals surface area contributed by atoms with Crippen LogP contribution >= 0.6 is 11.6 Å². The number of carbonyl (C=O) groups excluding carboxylic acids is 2. The van der Waals surface area contributed by atoms with E-state index >= 15 is 0 Å². The zero-order valence-electron chi connectivity index (χ0n) is 18.2. The zero-order valence-corrected chi connectivity index (χ0v) is 18.9. The molecule has 0 spiro atoms. The highest BCUT2D eigenvalue weighted by atomic mass is 35.5. The van der Waals surface area contributed by atoms with E-state index in [1.165, 1.54) is 0 Å². The Morgan fingerprint density at radius 2 is 1.84 bits per heavy atom. The number of hydrogen-bond acceptors (Lipinski definition) is 4. The predicted octanol–water partition coefficient (Wildman–Crippen LogP) is 4.13. The van der Waals surface area contributed by atoms with Gasteiger partial charge in [-0.05, 0) is 36.8 Å². The summed E-state index contributed by atoms with van der Waals surface area (Å²) in [6.45, 7) is 3.46. The van der Waals surface area contributed by atoms with Crippen LogP contribution in [0.25, 0.3) is 0 Å². The van der Waals surface area contributed by atoms with Crippen LogP contribution in [0, 0.1) is 5.92 Å². The van der Waals surface area contributed by atoms with Crippen LogP contribution in [0.2, 0.25) is 5.02 Å². The Morgan fingerprint density at radius 3 is 2.48 bits per heavy atom. The molecule has 2 atom stereocenters. The van der Waals surface area contributed by atoms with Gasteiger partial charge in [-0.25, -0.2) is 0 Å². The van der Waals surface area contributed by atoms with Gasteiger partial charge in [-0.15, -0.1) is 0 Å². The first-order valence-corrected chi connectivity index (χ1v) is 10.9. The number of para-hydroxylation sites is 1. The number of nitrogens with zero attached hydrogens (tertiary/aromatic N) is 1. The average molecular weight is 445 g/mol. The van der Waals surface area contributed by atoms with Gasteiger partial charge in [0.2, 0.25) is 5.91 Å². The molecule has 166 valence electrons. The van der Waals surface area contributed by atoms with Crippen LogP contribution in [0.4, 0.5) is 0 Å². The lowest BCUT2D eigenvalue weighted by Gasteiger charge is -2.21. The summed E-state index contributed by atoms with van der Waals surface area (Å²) < 4.78 is 11.1. The first kappa shape index (κ1) is 22.9. The van der Waals surface area contributed by atoms with E-state index in [0.29, 0.717) is 41.7 Å². The monoisotopic (exact) mass is 444 g/mol. The van der Waals surface area contributed by atoms with Crippen LogP contribution < -0.4 is 14.8 Å². The fourth-order valence-electron chi connectivity index (χ4n) is 4.05. The molecule has 1 N–H and O–H groups in total. The van der Waals surface area contributed by atoms with Gasteiger partial charge in [0.25, 0.3) is 5.91 Å². The molecule has 1 saturated heterocycles. The Balaban J connectivity index is 1.91. The number of likely N-dealkylation sites (tertiary alicyclic amines) is 1. The van der Waals surface area contributed by atoms with Crippen molar-refractivity contribution < 1.29 is 19.1 Å². The molecule has 6 nitrogen and oxygen atoms in total. The molecule has 2 amide bonds. The third kappa shape index (κ3) is 5.13. The molecule has 2 aromatic carbocycles. The Bertz CT molecular complexity index is 916. The number of hydrogen-bond donors (Lipinski definition) is 1. The third-order valence-corrected chi connectivity index (χ3v) is 5.95. The minimum Gasteiger partial charge on any atom is -0.493 e. The summed E-state index contributed by atoms with van der Waals surface area (Å²) in [6, 6.07) is 12.5. The number of nitrogens with one attached hydrogen (secondary N) is 1. The molecule has 0 bridgehead atoms. The van der Waals surface area contributed by atoms with Gasteiger partial charge in [0, 0.05) is 41.7 Å². The van der Waals surface area contributed by atoms with E-state index in [4.69, 9.17) is 21.1 Å². The van der Waals surface area contributed by atoms with Gasteiger partial charge >= 0.3 is 0 Å². The second-order valence-electron chi connectivity index (χ2n) is 7.66. The largest absolute Gasteiger partial charge is 0.493 e. The lowest BCUT2D eigenvalue weighted by Crippen LogP contribution is -2.36. The van der Waals surface area contributed by atoms with Crippen molar-refractivity contribution in [3.05, 3.63) is 58.6 Å². The van der Waals surface area contributed by atoms with Crippen LogP contribution in [0.5, 0.6) is 11.5 Å². The van der Waals surface area contributed by atoms with Crippen molar-refractivity contribution in [3.8, 4) is 11.5 Å². The molecule has 0 aliphatic carbocycles. The molecule has 7 heteroatoms. The van der Waals surface area contributed by atoms with Crippen molar-refractivity contribution in [1.82, 2.24) is 10.2 Å². The second kappa shape index (κ2) is 10.5. The number of methoxy groups -OCH3 is 2. The fourth-order valence-corrected chi connectivity index (χ4v) is 4.17. The molecule has 31 heavy (non-hydrogen) atoms. The highest BCUT2D eigenvalue weighted by molar-refractivity contribution is 6.30. The first-order valence-electron chi connectivity index (χ1n) is 10.5. The number of unbranched alkanes of at least 4 members (excludes halogenated alkanes) is 1. The zero-order chi connectivity index (χ0) is 22.4. The summed E-state index contributed by atoms with van der Waals surface area (Å²) >= 11 is 5.96. The van der Waals surface area contributed by atoms with Crippen LogP contribution in [-0.4, -0.2) is 50.6 Å². The molecule has 2 aromatic rings. The standard InChI is InChI=1S/C24H29ClN2O4/c1-4-5-13-26-23(28)20-15-27(24(29)16-9-11-17(25)12-10-16)14-19(20)18-7-6-8-21(30-2)22(18)31-3/h6-12,19-20H,4-5,13-15H2,1-3H3,(H,26,28)/t19-,20+/m1/s1. The molecule has 1 aliphatic heterocycles. The van der Waals surface area contributed by atoms with E-state index in [1.807, 2.05) is 18.2 Å². The van der Waals surface area contributed by atoms with Gasteiger partial charge in [0.15, 0.2) is 11.5 Å². The summed E-state index contributed by atoms with van der Waals surface area (Å²) in [5.41, 5.74) is 1.41. The van der Waals surface area contributed by atoms with Gasteiger partial charge in [-0.2, -0.15) is 0 Å². The van der Waals surface area contributed by atoms with E-state index in [1.54, 1.807) is 43.4 Å². The maximum Gasteiger partial charge on any atom is 0.253 e. The molecule has 3 rings (SSSR count). The number of carbonyl (C=O) groups is 2. The van der Waals surface area contributed by atoms with Crippen molar-refractivity contribution in [3.63, 3.8) is 0 Å². The van der Waals surface area contributed by atoms with Crippen LogP contribution in [0.1, 0.15) is 41.6 Å². The molecule has 0 unspecified atom stereocenters. The summed E-state index contributed by atoms with van der Waals surface area (Å²) in [6.07, 6.45) is 1.91. The van der Waals surface area contributed by atoms with Gasteiger partial charge in [0.1, 0.15) is 0 Å². The highest BCUT2D eigenvalue weighted by Crippen LogP contribution is 2.42. The Kier molecular flexibility index (Phi) is 7.80. The Hall–Kier alpha value is -2.73. The van der Waals surface area contributed by atoms with Crippen molar-refractivity contribution in [2.24, 2.45) is 5.92 Å². The van der Waals surface area contributed by atoms with Gasteiger partial charge in [0.05, 0.1) is 20.1 Å². The number of rotatable bonds is 8. The number of benzene rings is 2. The fraction of sp³-hybridized carbons (Fsp3) is 0.417. The van der Waals surface area contributed by atoms with E-state index in [2.05, 4.69) is 12.2 Å². The molecule has 0 radical (unpaired) electrons. The summed E-state index contributed by atoms with van der Waals surface area (Å²) in [7, 11) is 3.17. The van der Waals surface area contributed by atoms with Crippen molar-refractivity contribution in [1.29, 1.82) is 0 Å². The van der Waals surface area contributed by atoms with Crippen molar-refractivity contribution in [2.45, 2.75) is 25.7 Å². The Labute approximate surface area is 188 Å².